The molecule has 0 radical (unpaired) electrons. The Kier molecular flexibility index (Phi) is 4.74. The van der Waals surface area contributed by atoms with Crippen LogP contribution >= 0.6 is 0 Å². The van der Waals surface area contributed by atoms with Gasteiger partial charge in [0, 0.05) is 0 Å². The van der Waals surface area contributed by atoms with Gasteiger partial charge in [-0.3, -0.25) is 0 Å². The minimum atomic E-state index is 0.221. The fourth-order valence-electron chi connectivity index (χ4n) is 2.74. The van der Waals surface area contributed by atoms with Gasteiger partial charge < -0.3 is 13.9 Å². The second-order valence-corrected chi connectivity index (χ2v) is 6.56. The molecule has 3 heterocycles. The first-order valence-electron chi connectivity index (χ1n) is 8.64. The molecule has 0 aromatic carbocycles. The second-order valence-electron chi connectivity index (χ2n) is 6.56. The Labute approximate surface area is 137 Å². The highest BCUT2D eigenvalue weighted by Crippen LogP contribution is 2.24. The van der Waals surface area contributed by atoms with Crippen LogP contribution in [0.5, 0.6) is 0 Å². The number of furan rings is 1. The van der Waals surface area contributed by atoms with Crippen molar-refractivity contribution in [1.29, 1.82) is 0 Å². The Morgan fingerprint density at radius 3 is 1.74 bits per heavy atom. The average Bonchev–Trinajstić information content (AvgIpc) is 3.31. The summed E-state index contributed by atoms with van der Waals surface area (Å²) in [6.45, 7) is 10.0. The van der Waals surface area contributed by atoms with Gasteiger partial charge in [-0.15, -0.1) is 0 Å². The highest BCUT2D eigenvalue weighted by molar-refractivity contribution is 5.96. The molecule has 0 spiro atoms. The van der Waals surface area contributed by atoms with Gasteiger partial charge in [0.25, 0.3) is 11.8 Å². The van der Waals surface area contributed by atoms with E-state index in [0.717, 1.165) is 12.8 Å². The monoisotopic (exact) mass is 318 g/mol. The molecule has 0 aliphatic carbocycles. The normalized spacial score (nSPS) is 26.3. The minimum Gasteiger partial charge on any atom is -0.473 e. The average molecular weight is 318 g/mol. The minimum absolute atomic E-state index is 0.221. The number of ether oxygens (including phenoxy) is 2. The molecule has 2 unspecified atom stereocenters. The van der Waals surface area contributed by atoms with Gasteiger partial charge >= 0.3 is 0 Å². The van der Waals surface area contributed by atoms with E-state index in [1.165, 1.54) is 0 Å². The highest BCUT2D eigenvalue weighted by atomic mass is 16.5. The standard InChI is InChI=1S/C18H26N2O3/c1-5-11(3)13-9-21-17(19-13)15-7-8-16(23-15)18-20-14(10-22-18)12(4)6-2/h7-8,11-14H,5-6,9-10H2,1-4H3/t11?,12?,13-,14-/m1/s1. The number of aliphatic imine (C=N–C) groups is 2. The van der Waals surface area contributed by atoms with E-state index in [9.17, 15) is 0 Å². The zero-order valence-corrected chi connectivity index (χ0v) is 14.4. The predicted molar refractivity (Wildman–Crippen MR) is 90.2 cm³/mol. The number of hydrogen-bond donors (Lipinski definition) is 0. The van der Waals surface area contributed by atoms with Crippen LogP contribution in [0.25, 0.3) is 0 Å². The Bertz CT molecular complexity index is 555. The summed E-state index contributed by atoms with van der Waals surface area (Å²) in [4.78, 5) is 9.29. The number of rotatable bonds is 6. The van der Waals surface area contributed by atoms with Gasteiger partial charge in [0.05, 0.1) is 12.1 Å². The van der Waals surface area contributed by atoms with Gasteiger partial charge in [0.15, 0.2) is 11.5 Å². The van der Waals surface area contributed by atoms with Crippen molar-refractivity contribution >= 4 is 11.8 Å². The van der Waals surface area contributed by atoms with Gasteiger partial charge in [-0.2, -0.15) is 0 Å². The van der Waals surface area contributed by atoms with Gasteiger partial charge in [-0.1, -0.05) is 40.5 Å². The van der Waals surface area contributed by atoms with E-state index in [2.05, 4.69) is 37.7 Å². The fourth-order valence-corrected chi connectivity index (χ4v) is 2.74. The van der Waals surface area contributed by atoms with Crippen LogP contribution in [0.1, 0.15) is 52.1 Å². The van der Waals surface area contributed by atoms with Crippen LogP contribution in [-0.2, 0) is 9.47 Å². The van der Waals surface area contributed by atoms with Crippen LogP contribution in [0, 0.1) is 11.8 Å². The molecule has 0 bridgehead atoms. The van der Waals surface area contributed by atoms with Crippen LogP contribution in [0.15, 0.2) is 26.5 Å². The molecule has 3 rings (SSSR count). The molecule has 5 nitrogen and oxygen atoms in total. The first-order valence-corrected chi connectivity index (χ1v) is 8.64. The maximum atomic E-state index is 5.86. The van der Waals surface area contributed by atoms with Gasteiger partial charge in [0.1, 0.15) is 13.2 Å². The molecule has 0 saturated heterocycles. The smallest absolute Gasteiger partial charge is 0.253 e. The summed E-state index contributed by atoms with van der Waals surface area (Å²) in [5, 5.41) is 0. The first-order chi connectivity index (χ1) is 11.1. The van der Waals surface area contributed by atoms with Crippen molar-refractivity contribution in [2.24, 2.45) is 21.8 Å². The number of hydrogen-bond acceptors (Lipinski definition) is 5. The molecule has 0 saturated carbocycles. The quantitative estimate of drug-likeness (QED) is 0.804. The maximum absolute atomic E-state index is 5.86. The molecule has 0 amide bonds. The van der Waals surface area contributed by atoms with Crippen molar-refractivity contribution in [1.82, 2.24) is 0 Å². The fraction of sp³-hybridized carbons (Fsp3) is 0.667. The first kappa shape index (κ1) is 16.1. The molecule has 2 aliphatic rings. The molecule has 4 atom stereocenters. The summed E-state index contributed by atoms with van der Waals surface area (Å²) in [5.41, 5.74) is 0. The Morgan fingerprint density at radius 2 is 1.35 bits per heavy atom. The van der Waals surface area contributed by atoms with Crippen molar-refractivity contribution in [3.05, 3.63) is 23.7 Å². The molecular weight excluding hydrogens is 292 g/mol. The molecule has 5 heteroatoms. The molecule has 126 valence electrons. The Hall–Kier alpha value is -1.78. The van der Waals surface area contributed by atoms with Crippen molar-refractivity contribution < 1.29 is 13.9 Å². The van der Waals surface area contributed by atoms with E-state index in [0.29, 0.717) is 48.4 Å². The summed E-state index contributed by atoms with van der Waals surface area (Å²) in [5.74, 6) is 3.53. The molecular formula is C18H26N2O3. The van der Waals surface area contributed by atoms with E-state index in [1.54, 1.807) is 0 Å². The van der Waals surface area contributed by atoms with Crippen LogP contribution in [-0.4, -0.2) is 37.1 Å². The Balaban J connectivity index is 1.72. The SMILES string of the molecule is CCC(C)[C@H]1COC(c2ccc(C3=N[C@@H](C(C)CC)CO3)o2)=N1. The second kappa shape index (κ2) is 6.77. The lowest BCUT2D eigenvalue weighted by Crippen LogP contribution is -2.16. The maximum Gasteiger partial charge on any atom is 0.253 e. The summed E-state index contributed by atoms with van der Waals surface area (Å²) >= 11 is 0. The van der Waals surface area contributed by atoms with Gasteiger partial charge in [-0.05, 0) is 24.0 Å². The zero-order chi connectivity index (χ0) is 16.4. The summed E-state index contributed by atoms with van der Waals surface area (Å²) in [6.07, 6.45) is 2.19. The lowest BCUT2D eigenvalue weighted by molar-refractivity contribution is 0.274. The number of nitrogens with zero attached hydrogens (tertiary/aromatic N) is 2. The van der Waals surface area contributed by atoms with Crippen LogP contribution in [0.2, 0.25) is 0 Å². The van der Waals surface area contributed by atoms with Crippen LogP contribution in [0.3, 0.4) is 0 Å². The summed E-state index contributed by atoms with van der Waals surface area (Å²) < 4.78 is 17.3. The predicted octanol–water partition coefficient (Wildman–Crippen LogP) is 3.66. The molecule has 1 aromatic heterocycles. The van der Waals surface area contributed by atoms with E-state index in [4.69, 9.17) is 13.9 Å². The van der Waals surface area contributed by atoms with Gasteiger partial charge in [-0.25, -0.2) is 9.98 Å². The van der Waals surface area contributed by atoms with Crippen LogP contribution < -0.4 is 0 Å². The van der Waals surface area contributed by atoms with E-state index in [-0.39, 0.29) is 12.1 Å². The van der Waals surface area contributed by atoms with Crippen molar-refractivity contribution in [2.45, 2.75) is 52.6 Å². The molecule has 0 N–H and O–H groups in total. The molecule has 23 heavy (non-hydrogen) atoms. The van der Waals surface area contributed by atoms with Crippen LogP contribution in [0.4, 0.5) is 0 Å². The largest absolute Gasteiger partial charge is 0.473 e. The molecule has 2 aliphatic heterocycles. The zero-order valence-electron chi connectivity index (χ0n) is 14.4. The third-order valence-corrected chi connectivity index (χ3v) is 4.98. The Morgan fingerprint density at radius 1 is 0.913 bits per heavy atom. The topological polar surface area (TPSA) is 56.3 Å². The van der Waals surface area contributed by atoms with E-state index < -0.39 is 0 Å². The summed E-state index contributed by atoms with van der Waals surface area (Å²) in [7, 11) is 0. The van der Waals surface area contributed by atoms with Crippen molar-refractivity contribution in [3.8, 4) is 0 Å². The molecule has 0 fully saturated rings. The van der Waals surface area contributed by atoms with Crippen molar-refractivity contribution in [2.75, 3.05) is 13.2 Å². The molecule has 1 aromatic rings. The lowest BCUT2D eigenvalue weighted by atomic mass is 10.0. The highest BCUT2D eigenvalue weighted by Gasteiger charge is 2.29. The third kappa shape index (κ3) is 3.28. The van der Waals surface area contributed by atoms with Crippen molar-refractivity contribution in [3.63, 3.8) is 0 Å². The van der Waals surface area contributed by atoms with Gasteiger partial charge in [0.2, 0.25) is 0 Å². The van der Waals surface area contributed by atoms with E-state index in [1.807, 2.05) is 12.1 Å². The summed E-state index contributed by atoms with van der Waals surface area (Å²) in [6, 6.07) is 4.21. The lowest BCUT2D eigenvalue weighted by Gasteiger charge is -2.11. The third-order valence-electron chi connectivity index (χ3n) is 4.98. The van der Waals surface area contributed by atoms with E-state index >= 15 is 0 Å².